The summed E-state index contributed by atoms with van der Waals surface area (Å²) in [6.07, 6.45) is 1.62. The van der Waals surface area contributed by atoms with Crippen molar-refractivity contribution >= 4 is 27.5 Å². The minimum atomic E-state index is 0.487. The van der Waals surface area contributed by atoms with Crippen LogP contribution >= 0.6 is 27.5 Å². The number of halogens is 2. The predicted molar refractivity (Wildman–Crippen MR) is 48.4 cm³/mol. The van der Waals surface area contributed by atoms with Gasteiger partial charge in [0.15, 0.2) is 0 Å². The lowest BCUT2D eigenvalue weighted by Gasteiger charge is -2.05. The van der Waals surface area contributed by atoms with Crippen LogP contribution < -0.4 is 4.74 Å². The fourth-order valence-electron chi connectivity index (χ4n) is 0.763. The molecule has 0 aliphatic rings. The number of pyridine rings is 1. The number of aromatic nitrogens is 1. The Bertz CT molecular complexity index is 254. The van der Waals surface area contributed by atoms with E-state index in [1.807, 2.05) is 0 Å². The standard InChI is InChI=1S/C7H7BrClNO/c1-11-6-2-3-10-7(9)5(6)4-8/h2-3H,4H2,1H3. The SMILES string of the molecule is COc1ccnc(Cl)c1CBr. The molecule has 0 spiro atoms. The monoisotopic (exact) mass is 235 g/mol. The fraction of sp³-hybridized carbons (Fsp3) is 0.286. The van der Waals surface area contributed by atoms with Gasteiger partial charge in [0.1, 0.15) is 10.9 Å². The molecule has 0 aromatic carbocycles. The molecule has 0 unspecified atom stereocenters. The van der Waals surface area contributed by atoms with Gasteiger partial charge in [-0.2, -0.15) is 0 Å². The average Bonchev–Trinajstić information content (AvgIpc) is 2.04. The van der Waals surface area contributed by atoms with Crippen LogP contribution in [0.25, 0.3) is 0 Å². The van der Waals surface area contributed by atoms with Crippen molar-refractivity contribution in [1.82, 2.24) is 4.98 Å². The Morgan fingerprint density at radius 3 is 2.91 bits per heavy atom. The van der Waals surface area contributed by atoms with Crippen LogP contribution in [0.2, 0.25) is 5.15 Å². The van der Waals surface area contributed by atoms with E-state index in [0.29, 0.717) is 10.5 Å². The zero-order chi connectivity index (χ0) is 8.27. The molecule has 0 aliphatic heterocycles. The Morgan fingerprint density at radius 1 is 1.73 bits per heavy atom. The summed E-state index contributed by atoms with van der Waals surface area (Å²) in [6.45, 7) is 0. The van der Waals surface area contributed by atoms with Crippen LogP contribution in [-0.2, 0) is 5.33 Å². The molecule has 0 saturated heterocycles. The molecular formula is C7H7BrClNO. The van der Waals surface area contributed by atoms with Gasteiger partial charge < -0.3 is 4.74 Å². The molecule has 0 atom stereocenters. The highest BCUT2D eigenvalue weighted by Crippen LogP contribution is 2.25. The van der Waals surface area contributed by atoms with Crippen molar-refractivity contribution in [3.63, 3.8) is 0 Å². The average molecular weight is 236 g/mol. The molecular weight excluding hydrogens is 229 g/mol. The van der Waals surface area contributed by atoms with Crippen molar-refractivity contribution in [3.8, 4) is 5.75 Å². The number of ether oxygens (including phenoxy) is 1. The minimum Gasteiger partial charge on any atom is -0.496 e. The van der Waals surface area contributed by atoms with Crippen LogP contribution in [-0.4, -0.2) is 12.1 Å². The number of nitrogens with zero attached hydrogens (tertiary/aromatic N) is 1. The highest BCUT2D eigenvalue weighted by molar-refractivity contribution is 9.08. The van der Waals surface area contributed by atoms with E-state index in [-0.39, 0.29) is 0 Å². The lowest BCUT2D eigenvalue weighted by atomic mass is 10.3. The van der Waals surface area contributed by atoms with Gasteiger partial charge in [0.25, 0.3) is 0 Å². The van der Waals surface area contributed by atoms with Crippen molar-refractivity contribution in [3.05, 3.63) is 23.0 Å². The molecule has 0 N–H and O–H groups in total. The number of alkyl halides is 1. The first-order valence-electron chi connectivity index (χ1n) is 3.03. The lowest BCUT2D eigenvalue weighted by Crippen LogP contribution is -1.91. The van der Waals surface area contributed by atoms with Gasteiger partial charge in [-0.3, -0.25) is 0 Å². The van der Waals surface area contributed by atoms with Crippen LogP contribution in [0.1, 0.15) is 5.56 Å². The Kier molecular flexibility index (Phi) is 3.15. The highest BCUT2D eigenvalue weighted by Gasteiger charge is 2.05. The molecule has 0 saturated carbocycles. The van der Waals surface area contributed by atoms with Crippen molar-refractivity contribution in [2.45, 2.75) is 5.33 Å². The molecule has 11 heavy (non-hydrogen) atoms. The molecule has 1 heterocycles. The minimum absolute atomic E-state index is 0.487. The van der Waals surface area contributed by atoms with E-state index in [2.05, 4.69) is 20.9 Å². The summed E-state index contributed by atoms with van der Waals surface area (Å²) in [5.74, 6) is 0.766. The first-order chi connectivity index (χ1) is 5.29. The van der Waals surface area contributed by atoms with E-state index in [0.717, 1.165) is 11.3 Å². The number of hydrogen-bond donors (Lipinski definition) is 0. The maximum absolute atomic E-state index is 5.79. The van der Waals surface area contributed by atoms with Crippen molar-refractivity contribution in [2.24, 2.45) is 0 Å². The highest BCUT2D eigenvalue weighted by atomic mass is 79.9. The summed E-state index contributed by atoms with van der Waals surface area (Å²) in [5.41, 5.74) is 0.886. The number of rotatable bonds is 2. The Balaban J connectivity index is 3.13. The lowest BCUT2D eigenvalue weighted by molar-refractivity contribution is 0.411. The van der Waals surface area contributed by atoms with Crippen LogP contribution in [0, 0.1) is 0 Å². The van der Waals surface area contributed by atoms with E-state index in [4.69, 9.17) is 16.3 Å². The molecule has 1 rings (SSSR count). The molecule has 0 radical (unpaired) electrons. The van der Waals surface area contributed by atoms with E-state index in [1.54, 1.807) is 19.4 Å². The van der Waals surface area contributed by atoms with Gasteiger partial charge in [0.05, 0.1) is 7.11 Å². The second-order valence-corrected chi connectivity index (χ2v) is 2.83. The molecule has 1 aromatic rings. The molecule has 0 amide bonds. The van der Waals surface area contributed by atoms with Crippen molar-refractivity contribution in [1.29, 1.82) is 0 Å². The fourth-order valence-corrected chi connectivity index (χ4v) is 1.68. The topological polar surface area (TPSA) is 22.1 Å². The Labute approximate surface area is 78.7 Å². The third-order valence-electron chi connectivity index (χ3n) is 1.31. The van der Waals surface area contributed by atoms with Crippen LogP contribution in [0.4, 0.5) is 0 Å². The van der Waals surface area contributed by atoms with Crippen molar-refractivity contribution in [2.75, 3.05) is 7.11 Å². The van der Waals surface area contributed by atoms with Gasteiger partial charge in [-0.25, -0.2) is 4.98 Å². The van der Waals surface area contributed by atoms with Crippen molar-refractivity contribution < 1.29 is 4.74 Å². The molecule has 0 fully saturated rings. The van der Waals surface area contributed by atoms with Gasteiger partial charge in [-0.05, 0) is 6.07 Å². The summed E-state index contributed by atoms with van der Waals surface area (Å²) >= 11 is 9.08. The molecule has 2 nitrogen and oxygen atoms in total. The summed E-state index contributed by atoms with van der Waals surface area (Å²) in [6, 6.07) is 1.78. The zero-order valence-corrected chi connectivity index (χ0v) is 8.32. The van der Waals surface area contributed by atoms with Gasteiger partial charge in [0.2, 0.25) is 0 Å². The Morgan fingerprint density at radius 2 is 2.45 bits per heavy atom. The van der Waals surface area contributed by atoms with Gasteiger partial charge >= 0.3 is 0 Å². The maximum Gasteiger partial charge on any atom is 0.136 e. The van der Waals surface area contributed by atoms with Crippen LogP contribution in [0.5, 0.6) is 5.75 Å². The molecule has 0 aliphatic carbocycles. The van der Waals surface area contributed by atoms with Crippen LogP contribution in [0.3, 0.4) is 0 Å². The quantitative estimate of drug-likeness (QED) is 0.582. The third-order valence-corrected chi connectivity index (χ3v) is 2.20. The smallest absolute Gasteiger partial charge is 0.136 e. The van der Waals surface area contributed by atoms with E-state index in [1.165, 1.54) is 0 Å². The van der Waals surface area contributed by atoms with Gasteiger partial charge in [-0.1, -0.05) is 27.5 Å². The number of methoxy groups -OCH3 is 1. The first-order valence-corrected chi connectivity index (χ1v) is 4.53. The first kappa shape index (κ1) is 8.81. The Hall–Kier alpha value is -0.280. The predicted octanol–water partition coefficient (Wildman–Crippen LogP) is 2.64. The maximum atomic E-state index is 5.79. The summed E-state index contributed by atoms with van der Waals surface area (Å²) in [5, 5.41) is 1.14. The van der Waals surface area contributed by atoms with Gasteiger partial charge in [-0.15, -0.1) is 0 Å². The normalized spacial score (nSPS) is 9.73. The number of hydrogen-bond acceptors (Lipinski definition) is 2. The molecule has 60 valence electrons. The summed E-state index contributed by atoms with van der Waals surface area (Å²) in [4.78, 5) is 3.91. The molecule has 0 bridgehead atoms. The summed E-state index contributed by atoms with van der Waals surface area (Å²) < 4.78 is 5.06. The van der Waals surface area contributed by atoms with E-state index in [9.17, 15) is 0 Å². The molecule has 4 heteroatoms. The summed E-state index contributed by atoms with van der Waals surface area (Å²) in [7, 11) is 1.61. The third kappa shape index (κ3) is 1.84. The largest absolute Gasteiger partial charge is 0.496 e. The molecule has 1 aromatic heterocycles. The second kappa shape index (κ2) is 3.93. The van der Waals surface area contributed by atoms with Crippen LogP contribution in [0.15, 0.2) is 12.3 Å². The zero-order valence-electron chi connectivity index (χ0n) is 5.97. The van der Waals surface area contributed by atoms with E-state index >= 15 is 0 Å². The van der Waals surface area contributed by atoms with Gasteiger partial charge in [0, 0.05) is 17.1 Å². The second-order valence-electron chi connectivity index (χ2n) is 1.92. The van der Waals surface area contributed by atoms with E-state index < -0.39 is 0 Å².